The molecule has 0 aliphatic heterocycles. The lowest BCUT2D eigenvalue weighted by atomic mass is 10.1. The first-order valence-corrected chi connectivity index (χ1v) is 4.59. The molecule has 0 aromatic heterocycles. The lowest BCUT2D eigenvalue weighted by Crippen LogP contribution is -1.95. The molecule has 0 spiro atoms. The number of benzene rings is 1. The summed E-state index contributed by atoms with van der Waals surface area (Å²) in [5.74, 6) is 0.224. The molecule has 0 unspecified atom stereocenters. The third-order valence-electron chi connectivity index (χ3n) is 2.20. The number of hydrogen-bond acceptors (Lipinski definition) is 1. The average molecular weight is 202 g/mol. The highest BCUT2D eigenvalue weighted by Crippen LogP contribution is 2.60. The average Bonchev–Trinajstić information content (AvgIpc) is 2.61. The first kappa shape index (κ1) is 8.21. The third kappa shape index (κ3) is 1.27. The number of alkyl halides is 2. The first-order chi connectivity index (χ1) is 5.61. The molecule has 1 saturated carbocycles. The highest BCUT2D eigenvalue weighted by atomic mass is 35.5. The van der Waals surface area contributed by atoms with Crippen molar-refractivity contribution < 1.29 is 0 Å². The van der Waals surface area contributed by atoms with Gasteiger partial charge in [-0.3, -0.25) is 0 Å². The van der Waals surface area contributed by atoms with Gasteiger partial charge in [-0.2, -0.15) is 0 Å². The van der Waals surface area contributed by atoms with E-state index in [0.29, 0.717) is 0 Å². The molecule has 1 aromatic rings. The zero-order valence-electron chi connectivity index (χ0n) is 6.43. The van der Waals surface area contributed by atoms with Crippen LogP contribution in [0, 0.1) is 0 Å². The Morgan fingerprint density at radius 1 is 1.33 bits per heavy atom. The Hall–Kier alpha value is -0.400. The smallest absolute Gasteiger partial charge is 0.126 e. The Kier molecular flexibility index (Phi) is 1.74. The van der Waals surface area contributed by atoms with Gasteiger partial charge in [0.05, 0.1) is 0 Å². The Morgan fingerprint density at radius 2 is 1.92 bits per heavy atom. The Balaban J connectivity index is 2.31. The van der Waals surface area contributed by atoms with Gasteiger partial charge in [-0.05, 0) is 18.1 Å². The number of anilines is 1. The van der Waals surface area contributed by atoms with Crippen molar-refractivity contribution in [2.24, 2.45) is 0 Å². The van der Waals surface area contributed by atoms with Crippen molar-refractivity contribution in [3.63, 3.8) is 0 Å². The Morgan fingerprint density at radius 3 is 2.42 bits per heavy atom. The minimum atomic E-state index is -0.574. The maximum atomic E-state index is 5.92. The van der Waals surface area contributed by atoms with Gasteiger partial charge in [-0.1, -0.05) is 18.2 Å². The summed E-state index contributed by atoms with van der Waals surface area (Å²) in [5.41, 5.74) is 7.62. The zero-order chi connectivity index (χ0) is 8.77. The van der Waals surface area contributed by atoms with Crippen molar-refractivity contribution in [1.29, 1.82) is 0 Å². The molecule has 0 heterocycles. The van der Waals surface area contributed by atoms with E-state index in [1.54, 1.807) is 0 Å². The number of rotatable bonds is 1. The molecule has 0 radical (unpaired) electrons. The largest absolute Gasteiger partial charge is 0.398 e. The van der Waals surface area contributed by atoms with E-state index in [1.165, 1.54) is 0 Å². The van der Waals surface area contributed by atoms with Crippen molar-refractivity contribution in [3.8, 4) is 0 Å². The molecule has 2 N–H and O–H groups in total. The number of nitrogens with two attached hydrogens (primary N) is 1. The summed E-state index contributed by atoms with van der Waals surface area (Å²) >= 11 is 11.8. The lowest BCUT2D eigenvalue weighted by Gasteiger charge is -2.03. The van der Waals surface area contributed by atoms with Crippen molar-refractivity contribution in [2.75, 3.05) is 5.73 Å². The summed E-state index contributed by atoms with van der Waals surface area (Å²) in [6, 6.07) is 7.71. The molecule has 64 valence electrons. The van der Waals surface area contributed by atoms with Crippen LogP contribution in [0.25, 0.3) is 0 Å². The summed E-state index contributed by atoms with van der Waals surface area (Å²) in [4.78, 5) is 0. The summed E-state index contributed by atoms with van der Waals surface area (Å²) < 4.78 is -0.574. The SMILES string of the molecule is Nc1ccccc1[C@@H]1CC1(Cl)Cl. The topological polar surface area (TPSA) is 26.0 Å². The second kappa shape index (κ2) is 2.54. The molecule has 1 atom stereocenters. The van der Waals surface area contributed by atoms with Gasteiger partial charge >= 0.3 is 0 Å². The summed E-state index contributed by atoms with van der Waals surface area (Å²) in [6.07, 6.45) is 0.810. The monoisotopic (exact) mass is 201 g/mol. The molecule has 0 bridgehead atoms. The van der Waals surface area contributed by atoms with Crippen LogP contribution in [0.1, 0.15) is 17.9 Å². The molecule has 1 aliphatic rings. The van der Waals surface area contributed by atoms with E-state index >= 15 is 0 Å². The Labute approximate surface area is 81.5 Å². The molecule has 0 saturated heterocycles. The molecule has 1 aliphatic carbocycles. The standard InChI is InChI=1S/C9H9Cl2N/c10-9(11)5-7(9)6-3-1-2-4-8(6)12/h1-4,7H,5,12H2/t7-/m0/s1. The highest BCUT2D eigenvalue weighted by Gasteiger charge is 2.52. The first-order valence-electron chi connectivity index (χ1n) is 3.83. The van der Waals surface area contributed by atoms with Crippen LogP contribution in [0.15, 0.2) is 24.3 Å². The Bertz CT molecular complexity index is 309. The van der Waals surface area contributed by atoms with Gasteiger partial charge < -0.3 is 5.73 Å². The van der Waals surface area contributed by atoms with E-state index in [-0.39, 0.29) is 5.92 Å². The second-order valence-electron chi connectivity index (χ2n) is 3.15. The van der Waals surface area contributed by atoms with E-state index in [4.69, 9.17) is 28.9 Å². The summed E-state index contributed by atoms with van der Waals surface area (Å²) in [5, 5.41) is 0. The minimum Gasteiger partial charge on any atom is -0.398 e. The van der Waals surface area contributed by atoms with Crippen LogP contribution < -0.4 is 5.73 Å². The lowest BCUT2D eigenvalue weighted by molar-refractivity contribution is 1.11. The predicted molar refractivity (Wildman–Crippen MR) is 52.6 cm³/mol. The van der Waals surface area contributed by atoms with E-state index in [2.05, 4.69) is 0 Å². The fourth-order valence-electron chi connectivity index (χ4n) is 1.38. The number of halogens is 2. The number of para-hydroxylation sites is 1. The van der Waals surface area contributed by atoms with Gasteiger partial charge in [0.25, 0.3) is 0 Å². The van der Waals surface area contributed by atoms with Gasteiger partial charge in [0.1, 0.15) is 4.33 Å². The molecule has 1 aromatic carbocycles. The van der Waals surface area contributed by atoms with Crippen LogP contribution in [-0.4, -0.2) is 4.33 Å². The van der Waals surface area contributed by atoms with Gasteiger partial charge in [0, 0.05) is 11.6 Å². The van der Waals surface area contributed by atoms with Gasteiger partial charge in [-0.15, -0.1) is 23.2 Å². The van der Waals surface area contributed by atoms with E-state index in [9.17, 15) is 0 Å². The van der Waals surface area contributed by atoms with Gasteiger partial charge in [0.2, 0.25) is 0 Å². The minimum absolute atomic E-state index is 0.224. The quantitative estimate of drug-likeness (QED) is 0.549. The molecule has 1 nitrogen and oxygen atoms in total. The second-order valence-corrected chi connectivity index (χ2v) is 4.69. The number of nitrogen functional groups attached to an aromatic ring is 1. The highest BCUT2D eigenvalue weighted by molar-refractivity contribution is 6.51. The van der Waals surface area contributed by atoms with Crippen molar-refractivity contribution in [2.45, 2.75) is 16.7 Å². The van der Waals surface area contributed by atoms with Crippen LogP contribution in [0.4, 0.5) is 5.69 Å². The van der Waals surface area contributed by atoms with Gasteiger partial charge in [0.15, 0.2) is 0 Å². The predicted octanol–water partition coefficient (Wildman–Crippen LogP) is 2.93. The normalized spacial score (nSPS) is 25.3. The van der Waals surface area contributed by atoms with Crippen molar-refractivity contribution >= 4 is 28.9 Å². The molecular formula is C9H9Cl2N. The fourth-order valence-corrected chi connectivity index (χ4v) is 1.92. The molecule has 0 amide bonds. The molecule has 1 fully saturated rings. The van der Waals surface area contributed by atoms with Crippen LogP contribution in [0.2, 0.25) is 0 Å². The number of hydrogen-bond donors (Lipinski definition) is 1. The van der Waals surface area contributed by atoms with Crippen LogP contribution >= 0.6 is 23.2 Å². The molecular weight excluding hydrogens is 193 g/mol. The van der Waals surface area contributed by atoms with E-state index in [0.717, 1.165) is 17.7 Å². The van der Waals surface area contributed by atoms with Crippen LogP contribution in [-0.2, 0) is 0 Å². The summed E-state index contributed by atoms with van der Waals surface area (Å²) in [6.45, 7) is 0. The molecule has 2 rings (SSSR count). The fraction of sp³-hybridized carbons (Fsp3) is 0.333. The van der Waals surface area contributed by atoms with Crippen molar-refractivity contribution in [3.05, 3.63) is 29.8 Å². The zero-order valence-corrected chi connectivity index (χ0v) is 7.94. The van der Waals surface area contributed by atoms with Crippen molar-refractivity contribution in [1.82, 2.24) is 0 Å². The van der Waals surface area contributed by atoms with Gasteiger partial charge in [-0.25, -0.2) is 0 Å². The summed E-state index contributed by atoms with van der Waals surface area (Å²) in [7, 11) is 0. The maximum Gasteiger partial charge on any atom is 0.126 e. The van der Waals surface area contributed by atoms with E-state index < -0.39 is 4.33 Å². The third-order valence-corrected chi connectivity index (χ3v) is 3.03. The van der Waals surface area contributed by atoms with Crippen LogP contribution in [0.5, 0.6) is 0 Å². The molecule has 3 heteroatoms. The maximum absolute atomic E-state index is 5.92. The van der Waals surface area contributed by atoms with Crippen LogP contribution in [0.3, 0.4) is 0 Å². The van der Waals surface area contributed by atoms with E-state index in [1.807, 2.05) is 24.3 Å². The molecule has 12 heavy (non-hydrogen) atoms.